The molecule has 2 aromatic carbocycles. The highest BCUT2D eigenvalue weighted by Gasteiger charge is 2.61. The predicted octanol–water partition coefficient (Wildman–Crippen LogP) is 10.5. The largest absolute Gasteiger partial charge is 0.456 e. The van der Waals surface area contributed by atoms with E-state index < -0.39 is 55.7 Å². The second-order valence-electron chi connectivity index (χ2n) is 22.2. The van der Waals surface area contributed by atoms with Crippen molar-refractivity contribution >= 4 is 42.5 Å². The molecule has 3 heterocycles. The van der Waals surface area contributed by atoms with E-state index in [1.54, 1.807) is 21.0 Å². The zero-order chi connectivity index (χ0) is 51.8. The van der Waals surface area contributed by atoms with E-state index in [9.17, 15) is 9.59 Å². The van der Waals surface area contributed by atoms with E-state index in [1.807, 2.05) is 35.7 Å². The Kier molecular flexibility index (Phi) is 19.6. The molecule has 5 rings (SSSR count). The zero-order valence-electron chi connectivity index (χ0n) is 45.1. The summed E-state index contributed by atoms with van der Waals surface area (Å²) in [4.78, 5) is 34.4. The molecule has 3 aliphatic rings. The standard InChI is InChI=1S/C54H85N5O9SSi/c1-17-45(68-70(51(7,8)9,41-26-20-18-21-27-41)42-28-22-19-23-29-42)54(13)47(59(50(61)67-54)31-25-24-30-56-57-55)40(6)69-35-36(2)34-53(12,62-16)48(39(5)44-33-46(60)66-52(10,11)65-44)64-49-38(4)43(58(14)15)32-37(3)63-49/h18-23,26-29,33,36-40,43,45,47-49H,17,24-25,30-32,34-35H2,1-16H3/t36-,37?,38?,39-,40-,43?,45-,47-,48-,49+,53-,54-/m1/s1. The van der Waals surface area contributed by atoms with Gasteiger partial charge in [-0.25, -0.2) is 9.59 Å². The highest BCUT2D eigenvalue weighted by molar-refractivity contribution is 7.99. The number of hydrogen-bond acceptors (Lipinski definition) is 12. The van der Waals surface area contributed by atoms with Crippen LogP contribution in [0.1, 0.15) is 122 Å². The fraction of sp³-hybridized carbons (Fsp3) is 0.704. The number of azide groups is 1. The lowest BCUT2D eigenvalue weighted by atomic mass is 9.81. The van der Waals surface area contributed by atoms with Crippen LogP contribution in [0.4, 0.5) is 4.79 Å². The summed E-state index contributed by atoms with van der Waals surface area (Å²) in [6, 6.07) is 21.1. The fourth-order valence-corrected chi connectivity index (χ4v) is 17.6. The van der Waals surface area contributed by atoms with Crippen molar-refractivity contribution in [3.05, 3.63) is 82.9 Å². The van der Waals surface area contributed by atoms with Gasteiger partial charge in [-0.3, -0.25) is 4.90 Å². The Morgan fingerprint density at radius 1 is 0.957 bits per heavy atom. The van der Waals surface area contributed by atoms with E-state index in [4.69, 9.17) is 38.4 Å². The first-order valence-electron chi connectivity index (χ1n) is 25.4. The summed E-state index contributed by atoms with van der Waals surface area (Å²) >= 11 is 1.81. The SMILES string of the molecule is CC[C@@H](O[Si](c1ccccc1)(c1ccccc1)C(C)(C)C)[C@@]1(C)OC(=O)N(CCCCN=[N+]=[N-])[C@@H]1[C@@H](C)SC[C@H](C)C[C@@](C)(OC)[C@H](O[C@@H]1OC(C)CC(N(C)C)C1C)[C@H](C)C1=CC(=O)OC(C)(C)O1. The number of amides is 1. The zero-order valence-corrected chi connectivity index (χ0v) is 46.9. The second kappa shape index (κ2) is 24.0. The molecule has 0 aromatic heterocycles. The van der Waals surface area contributed by atoms with Crippen LogP contribution in [0.2, 0.25) is 5.04 Å². The van der Waals surface area contributed by atoms with E-state index in [1.165, 1.54) is 6.08 Å². The summed E-state index contributed by atoms with van der Waals surface area (Å²) in [5.41, 5.74) is 7.07. The normalized spacial score (nSPS) is 27.0. The first-order chi connectivity index (χ1) is 32.9. The van der Waals surface area contributed by atoms with Gasteiger partial charge >= 0.3 is 12.1 Å². The lowest BCUT2D eigenvalue weighted by Crippen LogP contribution is -2.70. The number of cyclic esters (lactones) is 2. The Morgan fingerprint density at radius 3 is 2.10 bits per heavy atom. The molecule has 2 fully saturated rings. The molecule has 3 aliphatic heterocycles. The molecule has 2 saturated heterocycles. The monoisotopic (exact) mass is 1010 g/mol. The maximum atomic E-state index is 14.4. The van der Waals surface area contributed by atoms with E-state index in [0.29, 0.717) is 44.5 Å². The Morgan fingerprint density at radius 2 is 1.57 bits per heavy atom. The van der Waals surface area contributed by atoms with Crippen molar-refractivity contribution in [2.24, 2.45) is 22.9 Å². The van der Waals surface area contributed by atoms with E-state index >= 15 is 0 Å². The molecule has 390 valence electrons. The molecule has 16 heteroatoms. The number of ether oxygens (including phenoxy) is 6. The van der Waals surface area contributed by atoms with Crippen molar-refractivity contribution in [2.45, 2.75) is 186 Å². The average molecular weight is 1010 g/mol. The van der Waals surface area contributed by atoms with Gasteiger partial charge in [-0.1, -0.05) is 121 Å². The average Bonchev–Trinajstić information content (AvgIpc) is 3.56. The molecule has 12 atom stereocenters. The number of unbranched alkanes of at least 4 members (excludes halogenated alkanes) is 1. The van der Waals surface area contributed by atoms with E-state index in [2.05, 4.69) is 147 Å². The summed E-state index contributed by atoms with van der Waals surface area (Å²) < 4.78 is 46.7. The molecule has 0 saturated carbocycles. The van der Waals surface area contributed by atoms with Crippen LogP contribution in [-0.2, 0) is 37.6 Å². The third-order valence-corrected chi connectivity index (χ3v) is 21.5. The number of esters is 1. The number of nitrogens with zero attached hydrogens (tertiary/aromatic N) is 5. The lowest BCUT2D eigenvalue weighted by molar-refractivity contribution is -0.284. The minimum atomic E-state index is -3.08. The Bertz CT molecular complexity index is 2070. The molecule has 0 spiro atoms. The van der Waals surface area contributed by atoms with Gasteiger partial charge in [-0.05, 0) is 99.6 Å². The number of carbonyl (C=O) groups excluding carboxylic acids is 2. The maximum absolute atomic E-state index is 14.4. The van der Waals surface area contributed by atoms with Crippen LogP contribution < -0.4 is 10.4 Å². The van der Waals surface area contributed by atoms with Crippen molar-refractivity contribution in [3.8, 4) is 0 Å². The third-order valence-electron chi connectivity index (χ3n) is 14.9. The summed E-state index contributed by atoms with van der Waals surface area (Å²) in [7, 11) is 2.83. The van der Waals surface area contributed by atoms with Gasteiger partial charge in [0.05, 0.1) is 36.0 Å². The van der Waals surface area contributed by atoms with Crippen LogP contribution in [-0.4, -0.2) is 129 Å². The predicted molar refractivity (Wildman–Crippen MR) is 281 cm³/mol. The molecule has 0 bridgehead atoms. The molecule has 0 radical (unpaired) electrons. The minimum Gasteiger partial charge on any atom is -0.456 e. The van der Waals surface area contributed by atoms with Crippen LogP contribution in [0.3, 0.4) is 0 Å². The van der Waals surface area contributed by atoms with Crippen LogP contribution in [0.15, 0.2) is 77.6 Å². The van der Waals surface area contributed by atoms with Gasteiger partial charge < -0.3 is 37.7 Å². The summed E-state index contributed by atoms with van der Waals surface area (Å²) in [5.74, 6) is -0.700. The highest BCUT2D eigenvalue weighted by Crippen LogP contribution is 2.46. The minimum absolute atomic E-state index is 0.0291. The highest BCUT2D eigenvalue weighted by atomic mass is 32.2. The van der Waals surface area contributed by atoms with Gasteiger partial charge in [0.2, 0.25) is 5.79 Å². The molecule has 14 nitrogen and oxygen atoms in total. The van der Waals surface area contributed by atoms with Crippen LogP contribution in [0.5, 0.6) is 0 Å². The van der Waals surface area contributed by atoms with E-state index in [-0.39, 0.29) is 46.4 Å². The molecule has 1 amide bonds. The van der Waals surface area contributed by atoms with Gasteiger partial charge in [0, 0.05) is 62.1 Å². The Labute approximate surface area is 425 Å². The van der Waals surface area contributed by atoms with Gasteiger partial charge in [0.15, 0.2) is 11.9 Å². The third kappa shape index (κ3) is 12.9. The van der Waals surface area contributed by atoms with Gasteiger partial charge in [0.1, 0.15) is 5.76 Å². The number of benzene rings is 2. The van der Waals surface area contributed by atoms with Crippen LogP contribution in [0.25, 0.3) is 10.4 Å². The smallest absolute Gasteiger partial charge is 0.410 e. The quantitative estimate of drug-likeness (QED) is 0.0247. The molecule has 0 aliphatic carbocycles. The van der Waals surface area contributed by atoms with Crippen molar-refractivity contribution < 1.29 is 42.4 Å². The molecular weight excluding hydrogens is 923 g/mol. The Balaban J connectivity index is 1.48. The summed E-state index contributed by atoms with van der Waals surface area (Å²) in [5, 5.41) is 5.69. The first kappa shape index (κ1) is 57.3. The number of methoxy groups -OCH3 is 1. The van der Waals surface area contributed by atoms with Crippen molar-refractivity contribution in [2.75, 3.05) is 40.0 Å². The lowest BCUT2D eigenvalue weighted by Gasteiger charge is -2.49. The number of rotatable bonds is 24. The van der Waals surface area contributed by atoms with Crippen molar-refractivity contribution in [3.63, 3.8) is 0 Å². The molecule has 2 aromatic rings. The number of carbonyl (C=O) groups is 2. The van der Waals surface area contributed by atoms with Crippen LogP contribution in [0, 0.1) is 17.8 Å². The number of hydrogen-bond donors (Lipinski definition) is 0. The maximum Gasteiger partial charge on any atom is 0.410 e. The van der Waals surface area contributed by atoms with E-state index in [0.717, 1.165) is 22.5 Å². The van der Waals surface area contributed by atoms with Crippen molar-refractivity contribution in [1.29, 1.82) is 0 Å². The number of thioether (sulfide) groups is 1. The molecule has 70 heavy (non-hydrogen) atoms. The Hall–Kier alpha value is -3.60. The second-order valence-corrected chi connectivity index (χ2v) is 27.8. The van der Waals surface area contributed by atoms with Gasteiger partial charge in [-0.2, -0.15) is 11.8 Å². The topological polar surface area (TPSA) is 154 Å². The van der Waals surface area contributed by atoms with Crippen LogP contribution >= 0.6 is 11.8 Å². The molecule has 0 N–H and O–H groups in total. The van der Waals surface area contributed by atoms with Gasteiger partial charge in [-0.15, -0.1) is 0 Å². The van der Waals surface area contributed by atoms with Gasteiger partial charge in [0.25, 0.3) is 8.32 Å². The summed E-state index contributed by atoms with van der Waals surface area (Å²) in [6.07, 6.45) is 2.82. The summed E-state index contributed by atoms with van der Waals surface area (Å²) in [6.45, 7) is 28.0. The fourth-order valence-electron chi connectivity index (χ4n) is 11.4. The molecular formula is C54H85N5O9SSi. The molecule has 3 unspecified atom stereocenters. The first-order valence-corrected chi connectivity index (χ1v) is 28.4. The van der Waals surface area contributed by atoms with Crippen molar-refractivity contribution in [1.82, 2.24) is 9.80 Å².